The molecular weight excluding hydrogens is 344 g/mol. The second kappa shape index (κ2) is 8.35. The van der Waals surface area contributed by atoms with Crippen LogP contribution >= 0.6 is 11.8 Å². The summed E-state index contributed by atoms with van der Waals surface area (Å²) in [5.74, 6) is 0.238. The van der Waals surface area contributed by atoms with Crippen LogP contribution in [-0.2, 0) is 19.1 Å². The van der Waals surface area contributed by atoms with Crippen LogP contribution in [0.3, 0.4) is 0 Å². The van der Waals surface area contributed by atoms with E-state index in [1.54, 1.807) is 12.1 Å². The van der Waals surface area contributed by atoms with Gasteiger partial charge in [0.15, 0.2) is 12.4 Å². The second-order valence-corrected chi connectivity index (χ2v) is 6.98. The van der Waals surface area contributed by atoms with Crippen LogP contribution in [0.25, 0.3) is 0 Å². The first-order valence-corrected chi connectivity index (χ1v) is 9.22. The number of nitrogens with one attached hydrogen (secondary N) is 2. The van der Waals surface area contributed by atoms with Gasteiger partial charge < -0.3 is 20.1 Å². The fourth-order valence-corrected chi connectivity index (χ4v) is 3.72. The van der Waals surface area contributed by atoms with Gasteiger partial charge in [-0.05, 0) is 25.0 Å². The molecule has 1 aromatic carbocycles. The minimum absolute atomic E-state index is 0.0288. The van der Waals surface area contributed by atoms with Gasteiger partial charge >= 0.3 is 0 Å². The maximum atomic E-state index is 12.0. The molecule has 3 atom stereocenters. The van der Waals surface area contributed by atoms with Crippen molar-refractivity contribution in [3.8, 4) is 5.75 Å². The molecule has 1 unspecified atom stereocenters. The number of ether oxygens (including phenoxy) is 2. The molecule has 2 amide bonds. The van der Waals surface area contributed by atoms with Gasteiger partial charge in [0.25, 0.3) is 5.91 Å². The van der Waals surface area contributed by atoms with Crippen molar-refractivity contribution >= 4 is 29.4 Å². The van der Waals surface area contributed by atoms with Gasteiger partial charge in [0.2, 0.25) is 5.91 Å². The number of para-hydroxylation sites is 1. The first-order chi connectivity index (χ1) is 12.1. The normalized spacial score (nSPS) is 25.0. The van der Waals surface area contributed by atoms with E-state index in [9.17, 15) is 14.4 Å². The quantitative estimate of drug-likeness (QED) is 0.652. The molecule has 25 heavy (non-hydrogen) atoms. The van der Waals surface area contributed by atoms with Gasteiger partial charge in [-0.1, -0.05) is 18.2 Å². The van der Waals surface area contributed by atoms with Crippen LogP contribution in [0.2, 0.25) is 0 Å². The van der Waals surface area contributed by atoms with E-state index in [1.165, 1.54) is 11.8 Å². The fourth-order valence-electron chi connectivity index (χ4n) is 2.61. The minimum atomic E-state index is -0.644. The number of carbonyl (C=O) groups is 3. The van der Waals surface area contributed by atoms with E-state index in [4.69, 9.17) is 9.47 Å². The molecule has 0 saturated carbocycles. The molecule has 2 N–H and O–H groups in total. The maximum absolute atomic E-state index is 12.0. The molecule has 0 bridgehead atoms. The number of rotatable bonds is 8. The van der Waals surface area contributed by atoms with Crippen molar-refractivity contribution in [2.75, 3.05) is 19.0 Å². The van der Waals surface area contributed by atoms with E-state index < -0.39 is 6.04 Å². The lowest BCUT2D eigenvalue weighted by Crippen LogP contribution is -2.68. The number of carbonyl (C=O) groups excluding carboxylic acids is 3. The van der Waals surface area contributed by atoms with E-state index >= 15 is 0 Å². The Bertz CT molecular complexity index is 633. The number of hydrogen-bond donors (Lipinski definition) is 2. The molecule has 2 aliphatic rings. The van der Waals surface area contributed by atoms with Crippen molar-refractivity contribution in [2.24, 2.45) is 0 Å². The van der Waals surface area contributed by atoms with Gasteiger partial charge in [0.1, 0.15) is 23.3 Å². The van der Waals surface area contributed by atoms with Crippen molar-refractivity contribution in [3.05, 3.63) is 30.3 Å². The summed E-state index contributed by atoms with van der Waals surface area (Å²) in [6.45, 7) is 0.460. The minimum Gasteiger partial charge on any atom is -0.484 e. The molecule has 3 rings (SSSR count). The van der Waals surface area contributed by atoms with Gasteiger partial charge in [-0.3, -0.25) is 14.4 Å². The molecule has 7 nitrogen and oxygen atoms in total. The number of β-lactam (4-membered cyclic amide) rings is 1. The van der Waals surface area contributed by atoms with Gasteiger partial charge in [0, 0.05) is 6.61 Å². The summed E-state index contributed by atoms with van der Waals surface area (Å²) in [7, 11) is 0. The molecule has 2 saturated heterocycles. The van der Waals surface area contributed by atoms with Crippen molar-refractivity contribution < 1.29 is 23.9 Å². The Kier molecular flexibility index (Phi) is 5.93. The highest BCUT2D eigenvalue weighted by Gasteiger charge is 2.41. The highest BCUT2D eigenvalue weighted by Crippen LogP contribution is 2.22. The van der Waals surface area contributed by atoms with Crippen molar-refractivity contribution in [1.82, 2.24) is 10.6 Å². The molecule has 2 aliphatic heterocycles. The number of hydrogen-bond acceptors (Lipinski definition) is 6. The van der Waals surface area contributed by atoms with Crippen LogP contribution in [0.1, 0.15) is 12.8 Å². The molecule has 134 valence electrons. The molecule has 2 heterocycles. The third-order valence-electron chi connectivity index (χ3n) is 3.99. The first kappa shape index (κ1) is 17.8. The predicted molar refractivity (Wildman–Crippen MR) is 92.2 cm³/mol. The van der Waals surface area contributed by atoms with Crippen LogP contribution in [0.4, 0.5) is 0 Å². The maximum Gasteiger partial charge on any atom is 0.258 e. The molecule has 1 aromatic rings. The van der Waals surface area contributed by atoms with E-state index in [1.807, 2.05) is 18.2 Å². The summed E-state index contributed by atoms with van der Waals surface area (Å²) in [6.07, 6.45) is 1.34. The number of Topliss-reactive ketones (excluding diaryl/α,β-unsaturated/α-hetero) is 1. The molecule has 0 spiro atoms. The Balaban J connectivity index is 1.40. The van der Waals surface area contributed by atoms with Gasteiger partial charge in [0.05, 0.1) is 5.75 Å². The fraction of sp³-hybridized carbons (Fsp3) is 0.471. The second-order valence-electron chi connectivity index (χ2n) is 5.86. The average molecular weight is 364 g/mol. The Hall–Kier alpha value is -2.06. The molecule has 8 heteroatoms. The third kappa shape index (κ3) is 4.73. The highest BCUT2D eigenvalue weighted by molar-refractivity contribution is 8.00. The zero-order valence-electron chi connectivity index (χ0n) is 13.6. The van der Waals surface area contributed by atoms with Crippen molar-refractivity contribution in [2.45, 2.75) is 30.4 Å². The van der Waals surface area contributed by atoms with Gasteiger partial charge in [-0.2, -0.15) is 0 Å². The lowest BCUT2D eigenvalue weighted by Gasteiger charge is -2.36. The summed E-state index contributed by atoms with van der Waals surface area (Å²) in [4.78, 5) is 35.6. The van der Waals surface area contributed by atoms with Gasteiger partial charge in [-0.15, -0.1) is 11.8 Å². The summed E-state index contributed by atoms with van der Waals surface area (Å²) in [6, 6.07) is 8.33. The predicted octanol–water partition coefficient (Wildman–Crippen LogP) is 0.487. The Morgan fingerprint density at radius 1 is 1.32 bits per heavy atom. The Morgan fingerprint density at radius 3 is 2.80 bits per heavy atom. The lowest BCUT2D eigenvalue weighted by molar-refractivity contribution is -0.134. The van der Waals surface area contributed by atoms with Crippen LogP contribution in [-0.4, -0.2) is 54.1 Å². The molecule has 0 aromatic heterocycles. The zero-order chi connectivity index (χ0) is 17.6. The van der Waals surface area contributed by atoms with Crippen LogP contribution in [0, 0.1) is 0 Å². The molecule has 0 radical (unpaired) electrons. The van der Waals surface area contributed by atoms with E-state index in [-0.39, 0.29) is 41.4 Å². The van der Waals surface area contributed by atoms with Crippen LogP contribution in [0.15, 0.2) is 30.3 Å². The number of thioether (sulfide) groups is 1. The van der Waals surface area contributed by atoms with E-state index in [2.05, 4.69) is 10.6 Å². The lowest BCUT2D eigenvalue weighted by atomic mass is 10.1. The smallest absolute Gasteiger partial charge is 0.258 e. The zero-order valence-corrected chi connectivity index (χ0v) is 14.4. The van der Waals surface area contributed by atoms with Gasteiger partial charge in [-0.25, -0.2) is 0 Å². The topological polar surface area (TPSA) is 93.7 Å². The number of benzene rings is 1. The van der Waals surface area contributed by atoms with Crippen LogP contribution < -0.4 is 15.4 Å². The Labute approximate surface area is 149 Å². The molecule has 0 aliphatic carbocycles. The van der Waals surface area contributed by atoms with E-state index in [0.29, 0.717) is 12.4 Å². The Morgan fingerprint density at radius 2 is 2.12 bits per heavy atom. The summed E-state index contributed by atoms with van der Waals surface area (Å²) in [5.41, 5.74) is 0. The summed E-state index contributed by atoms with van der Waals surface area (Å²) < 4.78 is 10.7. The highest BCUT2D eigenvalue weighted by atomic mass is 32.2. The molecular formula is C17H20N2O5S. The van der Waals surface area contributed by atoms with E-state index in [0.717, 1.165) is 12.8 Å². The number of ketones is 1. The largest absolute Gasteiger partial charge is 0.484 e. The average Bonchev–Trinajstić information content (AvgIpc) is 3.17. The van der Waals surface area contributed by atoms with Crippen molar-refractivity contribution in [1.29, 1.82) is 0 Å². The number of amides is 2. The van der Waals surface area contributed by atoms with Crippen LogP contribution in [0.5, 0.6) is 5.75 Å². The summed E-state index contributed by atoms with van der Waals surface area (Å²) >= 11 is 1.31. The van der Waals surface area contributed by atoms with Crippen molar-refractivity contribution in [3.63, 3.8) is 0 Å². The first-order valence-electron chi connectivity index (χ1n) is 8.17. The monoisotopic (exact) mass is 364 g/mol. The standard InChI is InChI=1S/C17H20N2O5S/c20-12(13-7-4-8-23-13)10-25-17-15(16(22)19-17)18-14(21)9-24-11-5-2-1-3-6-11/h1-3,5-6,13,15,17H,4,7-10H2,(H,18,21)(H,19,22)/t13?,15-,17-/m1/s1. The third-order valence-corrected chi connectivity index (χ3v) is 5.19. The summed E-state index contributed by atoms with van der Waals surface area (Å²) in [5, 5.41) is 5.03. The SMILES string of the molecule is O=C(COc1ccccc1)N[C@@H]1C(=O)N[C@@H]1SCC(=O)C1CCCO1. The molecule has 2 fully saturated rings.